The van der Waals surface area contributed by atoms with Crippen molar-refractivity contribution in [2.24, 2.45) is 16.6 Å². The maximum absolute atomic E-state index is 5.83. The Hall–Kier alpha value is -0.770. The smallest absolute Gasteiger partial charge is 0.188 e. The van der Waals surface area contributed by atoms with Gasteiger partial charge in [0.25, 0.3) is 0 Å². The molecule has 1 heterocycles. The molecule has 1 atom stereocenters. The van der Waals surface area contributed by atoms with Crippen LogP contribution in [0.25, 0.3) is 0 Å². The van der Waals surface area contributed by atoms with E-state index < -0.39 is 0 Å². The lowest BCUT2D eigenvalue weighted by Gasteiger charge is -2.30. The number of guanidine groups is 1. The molecule has 1 aliphatic rings. The molecule has 0 spiro atoms. The van der Waals surface area contributed by atoms with E-state index in [0.29, 0.717) is 5.96 Å². The third kappa shape index (κ3) is 6.84. The largest absolute Gasteiger partial charge is 0.370 e. The molecule has 18 heavy (non-hydrogen) atoms. The van der Waals surface area contributed by atoms with E-state index in [1.807, 2.05) is 0 Å². The number of likely N-dealkylation sites (tertiary alicyclic amines) is 1. The number of aliphatic imine (C=N–C) groups is 1. The van der Waals surface area contributed by atoms with Crippen LogP contribution in [0.15, 0.2) is 4.99 Å². The van der Waals surface area contributed by atoms with Crippen LogP contribution >= 0.6 is 0 Å². The summed E-state index contributed by atoms with van der Waals surface area (Å²) < 4.78 is 0. The number of rotatable bonds is 4. The molecule has 0 amide bonds. The van der Waals surface area contributed by atoms with Gasteiger partial charge in [-0.1, -0.05) is 6.92 Å². The summed E-state index contributed by atoms with van der Waals surface area (Å²) in [4.78, 5) is 6.92. The van der Waals surface area contributed by atoms with Gasteiger partial charge in [-0.25, -0.2) is 0 Å². The van der Waals surface area contributed by atoms with Gasteiger partial charge in [0.05, 0.1) is 0 Å². The van der Waals surface area contributed by atoms with Crippen molar-refractivity contribution in [1.82, 2.24) is 10.2 Å². The molecule has 0 bridgehead atoms. The van der Waals surface area contributed by atoms with Crippen LogP contribution in [0.3, 0.4) is 0 Å². The highest BCUT2D eigenvalue weighted by atomic mass is 15.1. The molecule has 4 nitrogen and oxygen atoms in total. The van der Waals surface area contributed by atoms with Crippen molar-refractivity contribution >= 4 is 5.96 Å². The minimum atomic E-state index is -0.00408. The van der Waals surface area contributed by atoms with Crippen molar-refractivity contribution in [3.63, 3.8) is 0 Å². The Morgan fingerprint density at radius 3 is 2.78 bits per heavy atom. The van der Waals surface area contributed by atoms with Crippen LogP contribution in [0.1, 0.15) is 47.0 Å². The number of hydrogen-bond acceptors (Lipinski definition) is 2. The molecule has 1 rings (SSSR count). The summed E-state index contributed by atoms with van der Waals surface area (Å²) in [7, 11) is 0. The van der Waals surface area contributed by atoms with Crippen molar-refractivity contribution in [3.8, 4) is 0 Å². The van der Waals surface area contributed by atoms with E-state index in [9.17, 15) is 0 Å². The predicted octanol–water partition coefficient (Wildman–Crippen LogP) is 1.81. The summed E-state index contributed by atoms with van der Waals surface area (Å²) in [6.45, 7) is 13.1. The van der Waals surface area contributed by atoms with Gasteiger partial charge in [0.15, 0.2) is 5.96 Å². The van der Waals surface area contributed by atoms with Gasteiger partial charge in [0, 0.05) is 18.6 Å². The minimum Gasteiger partial charge on any atom is -0.370 e. The van der Waals surface area contributed by atoms with E-state index in [2.05, 4.69) is 42.9 Å². The average Bonchev–Trinajstić information content (AvgIpc) is 2.22. The standard InChI is InChI=1S/C14H30N4/c1-12-7-5-9-18(11-12)10-6-8-16-13(15)17-14(2,3)4/h12H,5-11H2,1-4H3,(H3,15,16,17). The van der Waals surface area contributed by atoms with E-state index in [-0.39, 0.29) is 5.54 Å². The first-order valence-corrected chi connectivity index (χ1v) is 7.17. The molecule has 1 unspecified atom stereocenters. The van der Waals surface area contributed by atoms with Gasteiger partial charge in [-0.2, -0.15) is 0 Å². The topological polar surface area (TPSA) is 53.6 Å². The summed E-state index contributed by atoms with van der Waals surface area (Å²) in [5.74, 6) is 1.42. The van der Waals surface area contributed by atoms with Crippen molar-refractivity contribution in [2.75, 3.05) is 26.2 Å². The first-order chi connectivity index (χ1) is 8.37. The van der Waals surface area contributed by atoms with Gasteiger partial charge < -0.3 is 16.0 Å². The average molecular weight is 254 g/mol. The van der Waals surface area contributed by atoms with Gasteiger partial charge >= 0.3 is 0 Å². The van der Waals surface area contributed by atoms with Gasteiger partial charge in [0.2, 0.25) is 0 Å². The predicted molar refractivity (Wildman–Crippen MR) is 78.8 cm³/mol. The molecule has 0 aromatic heterocycles. The molecule has 106 valence electrons. The zero-order valence-corrected chi connectivity index (χ0v) is 12.5. The molecule has 0 aliphatic carbocycles. The first kappa shape index (κ1) is 15.3. The molecular weight excluding hydrogens is 224 g/mol. The Bertz CT molecular complexity index is 267. The maximum Gasteiger partial charge on any atom is 0.188 e. The Morgan fingerprint density at radius 1 is 1.44 bits per heavy atom. The van der Waals surface area contributed by atoms with E-state index in [4.69, 9.17) is 5.73 Å². The zero-order valence-electron chi connectivity index (χ0n) is 12.5. The second kappa shape index (κ2) is 6.98. The molecule has 0 aromatic rings. The fourth-order valence-electron chi connectivity index (χ4n) is 2.41. The quantitative estimate of drug-likeness (QED) is 0.457. The molecule has 3 N–H and O–H groups in total. The second-order valence-electron chi connectivity index (χ2n) is 6.54. The molecule has 1 aliphatic heterocycles. The number of hydrogen-bond donors (Lipinski definition) is 2. The monoisotopic (exact) mass is 254 g/mol. The van der Waals surface area contributed by atoms with Crippen LogP contribution < -0.4 is 11.1 Å². The SMILES string of the molecule is CC1CCCN(CCCN=C(N)NC(C)(C)C)C1. The summed E-state index contributed by atoms with van der Waals surface area (Å²) in [5, 5.41) is 3.18. The second-order valence-corrected chi connectivity index (χ2v) is 6.54. The Balaban J connectivity index is 2.15. The molecule has 1 fully saturated rings. The van der Waals surface area contributed by atoms with Crippen molar-refractivity contribution < 1.29 is 0 Å². The van der Waals surface area contributed by atoms with Crippen LogP contribution in [0.4, 0.5) is 0 Å². The highest BCUT2D eigenvalue weighted by Gasteiger charge is 2.15. The summed E-state index contributed by atoms with van der Waals surface area (Å²) in [6, 6.07) is 0. The molecule has 0 radical (unpaired) electrons. The van der Waals surface area contributed by atoms with E-state index in [0.717, 1.165) is 25.4 Å². The Labute approximate surface area is 112 Å². The van der Waals surface area contributed by atoms with Gasteiger partial charge in [-0.3, -0.25) is 4.99 Å². The van der Waals surface area contributed by atoms with E-state index in [1.54, 1.807) is 0 Å². The molecular formula is C14H30N4. The zero-order chi connectivity index (χ0) is 13.6. The number of nitrogens with two attached hydrogens (primary N) is 1. The third-order valence-electron chi connectivity index (χ3n) is 3.16. The fourth-order valence-corrected chi connectivity index (χ4v) is 2.41. The summed E-state index contributed by atoms with van der Waals surface area (Å²) in [5.41, 5.74) is 5.82. The molecule has 0 saturated carbocycles. The highest BCUT2D eigenvalue weighted by molar-refractivity contribution is 5.78. The normalized spacial score (nSPS) is 23.1. The third-order valence-corrected chi connectivity index (χ3v) is 3.16. The summed E-state index contributed by atoms with van der Waals surface area (Å²) >= 11 is 0. The maximum atomic E-state index is 5.83. The Kier molecular flexibility index (Phi) is 5.93. The van der Waals surface area contributed by atoms with Crippen LogP contribution in [0.5, 0.6) is 0 Å². The van der Waals surface area contributed by atoms with Crippen LogP contribution in [0, 0.1) is 5.92 Å². The molecule has 1 saturated heterocycles. The van der Waals surface area contributed by atoms with Crippen LogP contribution in [-0.4, -0.2) is 42.6 Å². The van der Waals surface area contributed by atoms with Crippen molar-refractivity contribution in [1.29, 1.82) is 0 Å². The Morgan fingerprint density at radius 2 is 2.17 bits per heavy atom. The molecule has 0 aromatic carbocycles. The van der Waals surface area contributed by atoms with E-state index in [1.165, 1.54) is 25.9 Å². The summed E-state index contributed by atoms with van der Waals surface area (Å²) in [6.07, 6.45) is 3.83. The minimum absolute atomic E-state index is 0.00408. The number of nitrogens with zero attached hydrogens (tertiary/aromatic N) is 2. The fraction of sp³-hybridized carbons (Fsp3) is 0.929. The lowest BCUT2D eigenvalue weighted by molar-refractivity contribution is 0.183. The lowest BCUT2D eigenvalue weighted by Crippen LogP contribution is -2.45. The molecule has 4 heteroatoms. The van der Waals surface area contributed by atoms with Crippen molar-refractivity contribution in [3.05, 3.63) is 0 Å². The van der Waals surface area contributed by atoms with Gasteiger partial charge in [-0.15, -0.1) is 0 Å². The van der Waals surface area contributed by atoms with Crippen LogP contribution in [-0.2, 0) is 0 Å². The van der Waals surface area contributed by atoms with Crippen LogP contribution in [0.2, 0.25) is 0 Å². The van der Waals surface area contributed by atoms with Crippen molar-refractivity contribution in [2.45, 2.75) is 52.5 Å². The van der Waals surface area contributed by atoms with E-state index >= 15 is 0 Å². The first-order valence-electron chi connectivity index (χ1n) is 7.17. The number of piperidine rings is 1. The highest BCUT2D eigenvalue weighted by Crippen LogP contribution is 2.15. The lowest BCUT2D eigenvalue weighted by atomic mass is 10.0. The van der Waals surface area contributed by atoms with Gasteiger partial charge in [0.1, 0.15) is 0 Å². The van der Waals surface area contributed by atoms with Gasteiger partial charge in [-0.05, 0) is 59.0 Å². The number of nitrogens with one attached hydrogen (secondary N) is 1.